The Balaban J connectivity index is 2.43. The maximum absolute atomic E-state index is 10.6. The van der Waals surface area contributed by atoms with Gasteiger partial charge in [0, 0.05) is 30.4 Å². The number of hydrogen-bond acceptors (Lipinski definition) is 4. The van der Waals surface area contributed by atoms with Gasteiger partial charge in [0.1, 0.15) is 0 Å². The minimum absolute atomic E-state index is 0.0791. The number of aryl methyl sites for hydroxylation is 1. The predicted octanol–water partition coefficient (Wildman–Crippen LogP) is 1.55. The maximum Gasteiger partial charge on any atom is 0.338 e. The summed E-state index contributed by atoms with van der Waals surface area (Å²) in [5.74, 6) is -0.525. The van der Waals surface area contributed by atoms with Gasteiger partial charge in [-0.15, -0.1) is 0 Å². The van der Waals surface area contributed by atoms with E-state index in [-0.39, 0.29) is 5.56 Å². The number of aromatic carboxylic acids is 1. The lowest BCUT2D eigenvalue weighted by atomic mass is 10.1. The molecule has 5 nitrogen and oxygen atoms in total. The maximum atomic E-state index is 10.6. The summed E-state index contributed by atoms with van der Waals surface area (Å²) < 4.78 is 0. The van der Waals surface area contributed by atoms with E-state index in [0.717, 1.165) is 11.1 Å². The zero-order valence-corrected chi connectivity index (χ0v) is 8.58. The van der Waals surface area contributed by atoms with Crippen molar-refractivity contribution in [1.29, 1.82) is 0 Å². The Morgan fingerprint density at radius 3 is 2.50 bits per heavy atom. The Labute approximate surface area is 91.8 Å². The minimum Gasteiger partial charge on any atom is -0.478 e. The van der Waals surface area contributed by atoms with E-state index in [2.05, 4.69) is 15.0 Å². The Hall–Kier alpha value is -2.30. The van der Waals surface area contributed by atoms with Crippen LogP contribution in [0.25, 0.3) is 11.4 Å². The molecule has 0 atom stereocenters. The van der Waals surface area contributed by atoms with Gasteiger partial charge in [-0.25, -0.2) is 14.8 Å². The summed E-state index contributed by atoms with van der Waals surface area (Å²) in [6.45, 7) is 1.90. The molecule has 0 aliphatic heterocycles. The highest BCUT2D eigenvalue weighted by Crippen LogP contribution is 2.17. The topological polar surface area (TPSA) is 76.0 Å². The van der Waals surface area contributed by atoms with Crippen LogP contribution in [-0.4, -0.2) is 26.0 Å². The number of pyridine rings is 1. The highest BCUT2D eigenvalue weighted by Gasteiger charge is 2.07. The van der Waals surface area contributed by atoms with Gasteiger partial charge in [0.05, 0.1) is 5.56 Å². The molecule has 16 heavy (non-hydrogen) atoms. The van der Waals surface area contributed by atoms with Gasteiger partial charge in [-0.1, -0.05) is 0 Å². The van der Waals surface area contributed by atoms with E-state index >= 15 is 0 Å². The second-order valence-corrected chi connectivity index (χ2v) is 3.29. The number of carboxylic acid groups (broad SMARTS) is 1. The van der Waals surface area contributed by atoms with Gasteiger partial charge in [0.25, 0.3) is 0 Å². The SMILES string of the molecule is Cc1cnccc1-c1ncc(C(=O)O)cn1. The first-order chi connectivity index (χ1) is 7.68. The lowest BCUT2D eigenvalue weighted by Gasteiger charge is -2.02. The first-order valence-electron chi connectivity index (χ1n) is 4.65. The monoisotopic (exact) mass is 215 g/mol. The number of hydrogen-bond donors (Lipinski definition) is 1. The summed E-state index contributed by atoms with van der Waals surface area (Å²) in [4.78, 5) is 22.6. The van der Waals surface area contributed by atoms with Crippen molar-refractivity contribution in [3.05, 3.63) is 42.0 Å². The number of carboxylic acids is 1. The molecule has 0 saturated carbocycles. The highest BCUT2D eigenvalue weighted by molar-refractivity contribution is 5.86. The molecular weight excluding hydrogens is 206 g/mol. The molecule has 0 unspecified atom stereocenters. The van der Waals surface area contributed by atoms with Crippen LogP contribution in [0.15, 0.2) is 30.9 Å². The largest absolute Gasteiger partial charge is 0.478 e. The van der Waals surface area contributed by atoms with Crippen LogP contribution in [-0.2, 0) is 0 Å². The fourth-order valence-corrected chi connectivity index (χ4v) is 1.30. The van der Waals surface area contributed by atoms with Crippen LogP contribution in [0.2, 0.25) is 0 Å². The molecule has 2 heterocycles. The Bertz CT molecular complexity index is 523. The molecule has 0 aromatic carbocycles. The van der Waals surface area contributed by atoms with E-state index in [4.69, 9.17) is 5.11 Å². The van der Waals surface area contributed by atoms with Crippen molar-refractivity contribution < 1.29 is 9.90 Å². The molecule has 0 amide bonds. The van der Waals surface area contributed by atoms with Crippen LogP contribution in [0, 0.1) is 6.92 Å². The molecule has 1 N–H and O–H groups in total. The van der Waals surface area contributed by atoms with E-state index in [1.807, 2.05) is 6.92 Å². The second-order valence-electron chi connectivity index (χ2n) is 3.29. The molecule has 0 bridgehead atoms. The fraction of sp³-hybridized carbons (Fsp3) is 0.0909. The third-order valence-corrected chi connectivity index (χ3v) is 2.16. The van der Waals surface area contributed by atoms with Crippen molar-refractivity contribution in [3.63, 3.8) is 0 Å². The van der Waals surface area contributed by atoms with E-state index in [9.17, 15) is 4.79 Å². The molecule has 0 fully saturated rings. The summed E-state index contributed by atoms with van der Waals surface area (Å²) in [5, 5.41) is 8.71. The van der Waals surface area contributed by atoms with E-state index in [0.29, 0.717) is 5.82 Å². The van der Waals surface area contributed by atoms with Gasteiger partial charge >= 0.3 is 5.97 Å². The van der Waals surface area contributed by atoms with Gasteiger partial charge in [-0.3, -0.25) is 4.98 Å². The summed E-state index contributed by atoms with van der Waals surface area (Å²) in [5.41, 5.74) is 1.88. The molecule has 5 heteroatoms. The summed E-state index contributed by atoms with van der Waals surface area (Å²) in [7, 11) is 0. The van der Waals surface area contributed by atoms with Crippen molar-refractivity contribution in [2.24, 2.45) is 0 Å². The molecule has 2 rings (SSSR count). The quantitative estimate of drug-likeness (QED) is 0.822. The van der Waals surface area contributed by atoms with Gasteiger partial charge in [-0.05, 0) is 18.6 Å². The van der Waals surface area contributed by atoms with Crippen LogP contribution in [0.3, 0.4) is 0 Å². The normalized spacial score (nSPS) is 10.1. The van der Waals surface area contributed by atoms with Gasteiger partial charge in [0.15, 0.2) is 5.82 Å². The van der Waals surface area contributed by atoms with Crippen molar-refractivity contribution in [2.75, 3.05) is 0 Å². The van der Waals surface area contributed by atoms with E-state index < -0.39 is 5.97 Å². The van der Waals surface area contributed by atoms with Crippen molar-refractivity contribution in [3.8, 4) is 11.4 Å². The second kappa shape index (κ2) is 4.06. The summed E-state index contributed by atoms with van der Waals surface area (Å²) in [6.07, 6.45) is 5.95. The standard InChI is InChI=1S/C11H9N3O2/c1-7-4-12-3-2-9(7)10-13-5-8(6-14-10)11(15)16/h2-6H,1H3,(H,15,16). The zero-order valence-electron chi connectivity index (χ0n) is 8.58. The highest BCUT2D eigenvalue weighted by atomic mass is 16.4. The van der Waals surface area contributed by atoms with Crippen LogP contribution in [0.1, 0.15) is 15.9 Å². The summed E-state index contributed by atoms with van der Waals surface area (Å²) >= 11 is 0. The molecule has 0 aliphatic rings. The third-order valence-electron chi connectivity index (χ3n) is 2.16. The third kappa shape index (κ3) is 1.88. The summed E-state index contributed by atoms with van der Waals surface area (Å²) in [6, 6.07) is 1.80. The number of nitrogens with zero attached hydrogens (tertiary/aromatic N) is 3. The predicted molar refractivity (Wildman–Crippen MR) is 57.0 cm³/mol. The van der Waals surface area contributed by atoms with Gasteiger partial charge in [-0.2, -0.15) is 0 Å². The molecule has 0 aliphatic carbocycles. The minimum atomic E-state index is -1.03. The first-order valence-corrected chi connectivity index (χ1v) is 4.65. The molecule has 0 spiro atoms. The molecular formula is C11H9N3O2. The lowest BCUT2D eigenvalue weighted by Crippen LogP contribution is -2.00. The smallest absolute Gasteiger partial charge is 0.338 e. The number of carbonyl (C=O) groups is 1. The zero-order chi connectivity index (χ0) is 11.5. The van der Waals surface area contributed by atoms with E-state index in [1.165, 1.54) is 12.4 Å². The van der Waals surface area contributed by atoms with Crippen molar-refractivity contribution in [2.45, 2.75) is 6.92 Å². The van der Waals surface area contributed by atoms with E-state index in [1.54, 1.807) is 18.5 Å². The number of aromatic nitrogens is 3. The molecule has 2 aromatic rings. The first kappa shape index (κ1) is 10.2. The average molecular weight is 215 g/mol. The fourth-order valence-electron chi connectivity index (χ4n) is 1.30. The van der Waals surface area contributed by atoms with Crippen LogP contribution >= 0.6 is 0 Å². The van der Waals surface area contributed by atoms with Crippen molar-refractivity contribution >= 4 is 5.97 Å². The molecule has 2 aromatic heterocycles. The van der Waals surface area contributed by atoms with Crippen LogP contribution < -0.4 is 0 Å². The van der Waals surface area contributed by atoms with Crippen LogP contribution in [0.5, 0.6) is 0 Å². The average Bonchev–Trinajstić information content (AvgIpc) is 2.30. The van der Waals surface area contributed by atoms with Gasteiger partial charge in [0.2, 0.25) is 0 Å². The number of rotatable bonds is 2. The Kier molecular flexibility index (Phi) is 2.59. The Morgan fingerprint density at radius 1 is 1.25 bits per heavy atom. The van der Waals surface area contributed by atoms with Crippen molar-refractivity contribution in [1.82, 2.24) is 15.0 Å². The molecule has 80 valence electrons. The Morgan fingerprint density at radius 2 is 1.94 bits per heavy atom. The molecule has 0 saturated heterocycles. The van der Waals surface area contributed by atoms with Crippen LogP contribution in [0.4, 0.5) is 0 Å². The van der Waals surface area contributed by atoms with Gasteiger partial charge < -0.3 is 5.11 Å². The lowest BCUT2D eigenvalue weighted by molar-refractivity contribution is 0.0696. The molecule has 0 radical (unpaired) electrons.